The van der Waals surface area contributed by atoms with Gasteiger partial charge in [-0.1, -0.05) is 6.07 Å². The molecule has 0 atom stereocenters. The Balaban J connectivity index is 3.35. The van der Waals surface area contributed by atoms with Gasteiger partial charge in [0.05, 0.1) is 7.11 Å². The Hall–Kier alpha value is -1.31. The second-order valence-corrected chi connectivity index (χ2v) is 4.03. The van der Waals surface area contributed by atoms with Crippen LogP contribution in [0.25, 0.3) is 0 Å². The van der Waals surface area contributed by atoms with Gasteiger partial charge in [-0.25, -0.2) is 0 Å². The summed E-state index contributed by atoms with van der Waals surface area (Å²) in [6, 6.07) is 2.11. The molecule has 15 heavy (non-hydrogen) atoms. The average Bonchev–Trinajstić information content (AvgIpc) is 2.14. The molecule has 0 aromatic heterocycles. The highest BCUT2D eigenvalue weighted by molar-refractivity contribution is 5.79. The molecule has 0 saturated heterocycles. The fraction of sp³-hybridized carbons (Fsp3) is 0.462. The van der Waals surface area contributed by atoms with E-state index in [1.165, 1.54) is 5.56 Å². The van der Waals surface area contributed by atoms with Crippen molar-refractivity contribution >= 4 is 5.78 Å². The molecule has 82 valence electrons. The maximum atomic E-state index is 11.2. The third-order valence-corrected chi connectivity index (χ3v) is 2.75. The van der Waals surface area contributed by atoms with E-state index < -0.39 is 0 Å². The number of aryl methyl sites for hydroxylation is 2. The van der Waals surface area contributed by atoms with E-state index in [0.717, 1.165) is 22.4 Å². The van der Waals surface area contributed by atoms with Crippen LogP contribution in [0.5, 0.6) is 5.75 Å². The third kappa shape index (κ3) is 2.38. The van der Waals surface area contributed by atoms with Gasteiger partial charge in [-0.05, 0) is 44.4 Å². The maximum Gasteiger partial charge on any atom is 0.134 e. The predicted octanol–water partition coefficient (Wildman–Crippen LogP) is 2.75. The van der Waals surface area contributed by atoms with E-state index in [0.29, 0.717) is 6.42 Å². The lowest BCUT2D eigenvalue weighted by molar-refractivity contribution is -0.116. The molecule has 0 fully saturated rings. The first kappa shape index (κ1) is 11.8. The fourth-order valence-corrected chi connectivity index (χ4v) is 1.85. The van der Waals surface area contributed by atoms with Crippen molar-refractivity contribution in [2.24, 2.45) is 0 Å². The van der Waals surface area contributed by atoms with Gasteiger partial charge in [0.1, 0.15) is 11.5 Å². The summed E-state index contributed by atoms with van der Waals surface area (Å²) in [5.41, 5.74) is 4.48. The van der Waals surface area contributed by atoms with Gasteiger partial charge in [0.15, 0.2) is 0 Å². The van der Waals surface area contributed by atoms with Gasteiger partial charge in [-0.2, -0.15) is 0 Å². The molecule has 0 amide bonds. The lowest BCUT2D eigenvalue weighted by Gasteiger charge is -2.15. The van der Waals surface area contributed by atoms with Crippen LogP contribution < -0.4 is 4.74 Å². The standard InChI is InChI=1S/C13H18O2/c1-8-6-9(2)12(7-10(3)14)13(15-5)11(8)4/h6H,7H2,1-5H3. The highest BCUT2D eigenvalue weighted by atomic mass is 16.5. The molecule has 0 unspecified atom stereocenters. The highest BCUT2D eigenvalue weighted by Crippen LogP contribution is 2.29. The van der Waals surface area contributed by atoms with E-state index in [-0.39, 0.29) is 5.78 Å². The Morgan fingerprint density at radius 3 is 2.33 bits per heavy atom. The molecule has 0 aliphatic carbocycles. The van der Waals surface area contributed by atoms with Crippen molar-refractivity contribution in [2.75, 3.05) is 7.11 Å². The molecular weight excluding hydrogens is 188 g/mol. The molecule has 0 bridgehead atoms. The number of carbonyl (C=O) groups excluding carboxylic acids is 1. The number of hydrogen-bond acceptors (Lipinski definition) is 2. The normalized spacial score (nSPS) is 10.2. The van der Waals surface area contributed by atoms with E-state index in [2.05, 4.69) is 13.0 Å². The topological polar surface area (TPSA) is 26.3 Å². The van der Waals surface area contributed by atoms with Crippen LogP contribution in [-0.2, 0) is 11.2 Å². The summed E-state index contributed by atoms with van der Waals surface area (Å²) in [6.07, 6.45) is 0.454. The van der Waals surface area contributed by atoms with Crippen LogP contribution in [-0.4, -0.2) is 12.9 Å². The first-order valence-electron chi connectivity index (χ1n) is 5.10. The lowest BCUT2D eigenvalue weighted by atomic mass is 9.96. The molecule has 0 aliphatic heterocycles. The van der Waals surface area contributed by atoms with Crippen molar-refractivity contribution in [3.05, 3.63) is 28.3 Å². The summed E-state index contributed by atoms with van der Waals surface area (Å²) in [5.74, 6) is 1.03. The number of benzene rings is 1. The molecular formula is C13H18O2. The molecule has 0 spiro atoms. The molecule has 0 heterocycles. The molecule has 0 radical (unpaired) electrons. The van der Waals surface area contributed by atoms with Crippen molar-refractivity contribution < 1.29 is 9.53 Å². The monoisotopic (exact) mass is 206 g/mol. The Kier molecular flexibility index (Phi) is 3.51. The summed E-state index contributed by atoms with van der Waals surface area (Å²) in [6.45, 7) is 7.71. The van der Waals surface area contributed by atoms with E-state index >= 15 is 0 Å². The van der Waals surface area contributed by atoms with Crippen molar-refractivity contribution in [3.63, 3.8) is 0 Å². The van der Waals surface area contributed by atoms with Gasteiger partial charge in [-0.3, -0.25) is 4.79 Å². The second kappa shape index (κ2) is 4.47. The molecule has 0 aliphatic rings. The van der Waals surface area contributed by atoms with Crippen LogP contribution in [0.4, 0.5) is 0 Å². The number of carbonyl (C=O) groups is 1. The van der Waals surface area contributed by atoms with E-state index in [1.807, 2.05) is 13.8 Å². The largest absolute Gasteiger partial charge is 0.496 e. The Morgan fingerprint density at radius 1 is 1.27 bits per heavy atom. The van der Waals surface area contributed by atoms with Gasteiger partial charge in [0.2, 0.25) is 0 Å². The minimum Gasteiger partial charge on any atom is -0.496 e. The zero-order chi connectivity index (χ0) is 11.6. The summed E-state index contributed by atoms with van der Waals surface area (Å²) in [4.78, 5) is 11.2. The molecule has 0 saturated carbocycles. The van der Waals surface area contributed by atoms with Gasteiger partial charge in [0, 0.05) is 12.0 Å². The van der Waals surface area contributed by atoms with Gasteiger partial charge < -0.3 is 4.74 Å². The number of ether oxygens (including phenoxy) is 1. The Morgan fingerprint density at radius 2 is 1.87 bits per heavy atom. The lowest BCUT2D eigenvalue weighted by Crippen LogP contribution is -2.04. The fourth-order valence-electron chi connectivity index (χ4n) is 1.85. The van der Waals surface area contributed by atoms with Crippen molar-refractivity contribution in [2.45, 2.75) is 34.1 Å². The van der Waals surface area contributed by atoms with Crippen LogP contribution in [0.2, 0.25) is 0 Å². The minimum absolute atomic E-state index is 0.166. The molecule has 1 aromatic carbocycles. The van der Waals surface area contributed by atoms with Gasteiger partial charge >= 0.3 is 0 Å². The first-order chi connectivity index (χ1) is 6.97. The molecule has 0 N–H and O–H groups in total. The average molecular weight is 206 g/mol. The highest BCUT2D eigenvalue weighted by Gasteiger charge is 2.13. The third-order valence-electron chi connectivity index (χ3n) is 2.75. The van der Waals surface area contributed by atoms with Crippen molar-refractivity contribution in [3.8, 4) is 5.75 Å². The first-order valence-corrected chi connectivity index (χ1v) is 5.10. The zero-order valence-electron chi connectivity index (χ0n) is 10.1. The zero-order valence-corrected chi connectivity index (χ0v) is 10.1. The van der Waals surface area contributed by atoms with E-state index in [4.69, 9.17) is 4.74 Å². The van der Waals surface area contributed by atoms with Crippen LogP contribution in [0.3, 0.4) is 0 Å². The molecule has 2 heteroatoms. The number of hydrogen-bond donors (Lipinski definition) is 0. The quantitative estimate of drug-likeness (QED) is 0.760. The van der Waals surface area contributed by atoms with Crippen LogP contribution in [0.15, 0.2) is 6.07 Å². The Bertz CT molecular complexity index is 392. The SMILES string of the molecule is COc1c(C)c(C)cc(C)c1CC(C)=O. The van der Waals surface area contributed by atoms with Crippen molar-refractivity contribution in [1.82, 2.24) is 0 Å². The van der Waals surface area contributed by atoms with Crippen LogP contribution in [0.1, 0.15) is 29.2 Å². The second-order valence-electron chi connectivity index (χ2n) is 4.03. The number of methoxy groups -OCH3 is 1. The van der Waals surface area contributed by atoms with E-state index in [9.17, 15) is 4.79 Å². The summed E-state index contributed by atoms with van der Waals surface area (Å²) in [5, 5.41) is 0. The molecule has 1 rings (SSSR count). The molecule has 1 aromatic rings. The number of Topliss-reactive ketones (excluding diaryl/α,β-unsaturated/α-hetero) is 1. The minimum atomic E-state index is 0.166. The number of ketones is 1. The van der Waals surface area contributed by atoms with Crippen LogP contribution >= 0.6 is 0 Å². The maximum absolute atomic E-state index is 11.2. The van der Waals surface area contributed by atoms with Gasteiger partial charge in [0.25, 0.3) is 0 Å². The smallest absolute Gasteiger partial charge is 0.134 e. The van der Waals surface area contributed by atoms with Gasteiger partial charge in [-0.15, -0.1) is 0 Å². The Labute approximate surface area is 91.3 Å². The summed E-state index contributed by atoms with van der Waals surface area (Å²) < 4.78 is 5.39. The number of rotatable bonds is 3. The van der Waals surface area contributed by atoms with Crippen LogP contribution in [0, 0.1) is 20.8 Å². The summed E-state index contributed by atoms with van der Waals surface area (Å²) >= 11 is 0. The van der Waals surface area contributed by atoms with Crippen molar-refractivity contribution in [1.29, 1.82) is 0 Å². The van der Waals surface area contributed by atoms with E-state index in [1.54, 1.807) is 14.0 Å². The molecule has 2 nitrogen and oxygen atoms in total. The predicted molar refractivity (Wildman–Crippen MR) is 61.6 cm³/mol. The summed E-state index contributed by atoms with van der Waals surface area (Å²) in [7, 11) is 1.66.